The minimum atomic E-state index is 0.658. The molecule has 1 aromatic carbocycles. The van der Waals surface area contributed by atoms with Gasteiger partial charge in [-0.25, -0.2) is 9.97 Å². The lowest BCUT2D eigenvalue weighted by Crippen LogP contribution is -2.34. The average molecular weight is 521 g/mol. The van der Waals surface area contributed by atoms with E-state index in [-0.39, 0.29) is 0 Å². The van der Waals surface area contributed by atoms with Gasteiger partial charge in [-0.15, -0.1) is 0 Å². The molecule has 0 unspecified atom stereocenters. The van der Waals surface area contributed by atoms with Gasteiger partial charge in [-0.3, -0.25) is 0 Å². The largest absolute Gasteiger partial charge is 0.361 e. The maximum absolute atomic E-state index is 5.06. The predicted molar refractivity (Wildman–Crippen MR) is 163 cm³/mol. The number of anilines is 4. The predicted octanol–water partition coefficient (Wildman–Crippen LogP) is 7.56. The van der Waals surface area contributed by atoms with Crippen molar-refractivity contribution in [1.29, 1.82) is 0 Å². The quantitative estimate of drug-likeness (QED) is 0.299. The lowest BCUT2D eigenvalue weighted by molar-refractivity contribution is 0.203. The zero-order valence-electron chi connectivity index (χ0n) is 23.6. The molecule has 0 spiro atoms. The van der Waals surface area contributed by atoms with E-state index in [1.807, 2.05) is 13.1 Å². The van der Waals surface area contributed by atoms with Gasteiger partial charge in [0.1, 0.15) is 17.5 Å². The normalized spacial score (nSPS) is 18.6. The Morgan fingerprint density at radius 3 is 2.46 bits per heavy atom. The van der Waals surface area contributed by atoms with E-state index in [4.69, 9.17) is 4.98 Å². The van der Waals surface area contributed by atoms with Crippen molar-refractivity contribution in [2.45, 2.75) is 71.8 Å². The van der Waals surface area contributed by atoms with Crippen LogP contribution in [0.1, 0.15) is 78.5 Å². The van der Waals surface area contributed by atoms with Crippen LogP contribution in [-0.4, -0.2) is 34.0 Å². The van der Waals surface area contributed by atoms with Crippen molar-refractivity contribution in [3.63, 3.8) is 0 Å². The summed E-state index contributed by atoms with van der Waals surface area (Å²) in [6, 6.07) is 14.0. The second kappa shape index (κ2) is 10.9. The number of pyridine rings is 2. The molecule has 0 radical (unpaired) electrons. The lowest BCUT2D eigenvalue weighted by atomic mass is 9.86. The summed E-state index contributed by atoms with van der Waals surface area (Å²) in [5.41, 5.74) is 9.37. The highest BCUT2D eigenvalue weighted by Gasteiger charge is 2.32. The molecular formula is C33H40N6. The van der Waals surface area contributed by atoms with Gasteiger partial charge in [0.25, 0.3) is 0 Å². The number of rotatable bonds is 7. The summed E-state index contributed by atoms with van der Waals surface area (Å²) in [7, 11) is 0. The summed E-state index contributed by atoms with van der Waals surface area (Å²) in [5.74, 6) is 3.07. The smallest absolute Gasteiger partial charge is 0.142 e. The summed E-state index contributed by atoms with van der Waals surface area (Å²) in [5, 5.41) is 10.6. The van der Waals surface area contributed by atoms with Gasteiger partial charge in [0.2, 0.25) is 0 Å². The summed E-state index contributed by atoms with van der Waals surface area (Å²) in [6.45, 7) is 11.0. The summed E-state index contributed by atoms with van der Waals surface area (Å²) < 4.78 is 0. The fourth-order valence-electron chi connectivity index (χ4n) is 6.19. The molecule has 6 heteroatoms. The van der Waals surface area contributed by atoms with E-state index in [9.17, 15) is 0 Å². The molecule has 2 fully saturated rings. The maximum atomic E-state index is 5.06. The SMILES string of the molecule is CC/C=C1\NC=Cc2cc(Nc3cc(C)cc(C)n3)nc(Nc3ccc(C4CCN(C5CC5)CC4)c(C)c3)c21. The average Bonchev–Trinajstić information content (AvgIpc) is 3.74. The highest BCUT2D eigenvalue weighted by molar-refractivity contribution is 5.87. The number of hydrogen-bond donors (Lipinski definition) is 3. The third-order valence-corrected chi connectivity index (χ3v) is 8.15. The molecule has 4 heterocycles. The first-order valence-electron chi connectivity index (χ1n) is 14.5. The number of allylic oxidation sites excluding steroid dienone is 1. The highest BCUT2D eigenvalue weighted by atomic mass is 15.2. The number of aromatic nitrogens is 2. The Hall–Kier alpha value is -3.64. The van der Waals surface area contributed by atoms with Crippen LogP contribution in [-0.2, 0) is 0 Å². The van der Waals surface area contributed by atoms with Gasteiger partial charge in [-0.2, -0.15) is 0 Å². The molecule has 3 N–H and O–H groups in total. The Labute approximate surface area is 232 Å². The van der Waals surface area contributed by atoms with Crippen LogP contribution >= 0.6 is 0 Å². The van der Waals surface area contributed by atoms with Crippen molar-refractivity contribution in [2.75, 3.05) is 23.7 Å². The number of benzene rings is 1. The van der Waals surface area contributed by atoms with Crippen molar-refractivity contribution < 1.29 is 0 Å². The van der Waals surface area contributed by atoms with E-state index < -0.39 is 0 Å². The van der Waals surface area contributed by atoms with E-state index in [0.29, 0.717) is 5.92 Å². The number of likely N-dealkylation sites (tertiary alicyclic amines) is 1. The minimum absolute atomic E-state index is 0.658. The molecule has 39 heavy (non-hydrogen) atoms. The van der Waals surface area contributed by atoms with Crippen molar-refractivity contribution in [3.8, 4) is 0 Å². The van der Waals surface area contributed by atoms with Gasteiger partial charge in [-0.05, 0) is 131 Å². The van der Waals surface area contributed by atoms with Gasteiger partial charge in [0, 0.05) is 34.9 Å². The third-order valence-electron chi connectivity index (χ3n) is 8.15. The molecule has 0 amide bonds. The summed E-state index contributed by atoms with van der Waals surface area (Å²) in [6.07, 6.45) is 12.6. The van der Waals surface area contributed by atoms with Crippen molar-refractivity contribution >= 4 is 34.9 Å². The van der Waals surface area contributed by atoms with Crippen molar-refractivity contribution in [3.05, 3.63) is 82.2 Å². The first-order valence-corrected chi connectivity index (χ1v) is 14.5. The van der Waals surface area contributed by atoms with Crippen LogP contribution in [0.5, 0.6) is 0 Å². The molecule has 6 rings (SSSR count). The van der Waals surface area contributed by atoms with Crippen LogP contribution < -0.4 is 16.0 Å². The number of nitrogens with zero attached hydrogens (tertiary/aromatic N) is 3. The summed E-state index contributed by atoms with van der Waals surface area (Å²) >= 11 is 0. The molecule has 1 aliphatic carbocycles. The number of fused-ring (bicyclic) bond motifs is 1. The molecule has 0 atom stereocenters. The van der Waals surface area contributed by atoms with Crippen LogP contribution in [0.4, 0.5) is 23.1 Å². The number of aryl methyl sites for hydroxylation is 3. The van der Waals surface area contributed by atoms with Gasteiger partial charge < -0.3 is 20.9 Å². The van der Waals surface area contributed by atoms with Gasteiger partial charge in [-0.1, -0.05) is 19.1 Å². The highest BCUT2D eigenvalue weighted by Crippen LogP contribution is 2.38. The van der Waals surface area contributed by atoms with Gasteiger partial charge >= 0.3 is 0 Å². The van der Waals surface area contributed by atoms with Crippen LogP contribution in [0, 0.1) is 20.8 Å². The molecule has 6 nitrogen and oxygen atoms in total. The second-order valence-electron chi connectivity index (χ2n) is 11.4. The first kappa shape index (κ1) is 25.6. The fraction of sp³-hybridized carbons (Fsp3) is 0.394. The molecule has 0 bridgehead atoms. The standard InChI is InChI=1S/C33H40N6/c1-5-6-29-32-25(11-14-34-29)20-31(37-30-18-21(2)17-23(4)35-30)38-33(32)36-26-7-10-28(22(3)19-26)24-12-15-39(16-13-24)27-8-9-27/h6-7,10-11,14,17-20,24,27,34H,5,8-9,12-13,15-16H2,1-4H3,(H2,35,36,37,38)/b29-6-. The number of hydrogen-bond acceptors (Lipinski definition) is 6. The van der Waals surface area contributed by atoms with Crippen molar-refractivity contribution in [1.82, 2.24) is 20.2 Å². The summed E-state index contributed by atoms with van der Waals surface area (Å²) in [4.78, 5) is 12.4. The van der Waals surface area contributed by atoms with E-state index in [0.717, 1.165) is 58.1 Å². The topological polar surface area (TPSA) is 65.1 Å². The monoisotopic (exact) mass is 520 g/mol. The second-order valence-corrected chi connectivity index (χ2v) is 11.4. The number of piperidine rings is 1. The molecule has 1 saturated carbocycles. The van der Waals surface area contributed by atoms with Crippen LogP contribution in [0.2, 0.25) is 0 Å². The molecule has 2 aromatic heterocycles. The van der Waals surface area contributed by atoms with E-state index >= 15 is 0 Å². The van der Waals surface area contributed by atoms with E-state index in [1.54, 1.807) is 0 Å². The third kappa shape index (κ3) is 5.71. The Morgan fingerprint density at radius 1 is 0.949 bits per heavy atom. The first-order chi connectivity index (χ1) is 19.0. The molecule has 1 saturated heterocycles. The molecular weight excluding hydrogens is 480 g/mol. The van der Waals surface area contributed by atoms with Crippen LogP contribution in [0.25, 0.3) is 11.8 Å². The lowest BCUT2D eigenvalue weighted by Gasteiger charge is -2.33. The van der Waals surface area contributed by atoms with Gasteiger partial charge in [0.05, 0.1) is 0 Å². The van der Waals surface area contributed by atoms with Gasteiger partial charge in [0.15, 0.2) is 0 Å². The van der Waals surface area contributed by atoms with Crippen LogP contribution in [0.15, 0.2) is 48.7 Å². The van der Waals surface area contributed by atoms with Crippen molar-refractivity contribution in [2.24, 2.45) is 0 Å². The zero-order chi connectivity index (χ0) is 26.9. The van der Waals surface area contributed by atoms with E-state index in [2.05, 4.69) is 95.2 Å². The van der Waals surface area contributed by atoms with E-state index in [1.165, 1.54) is 55.5 Å². The zero-order valence-corrected chi connectivity index (χ0v) is 23.6. The molecule has 202 valence electrons. The molecule has 2 aliphatic heterocycles. The maximum Gasteiger partial charge on any atom is 0.142 e. The minimum Gasteiger partial charge on any atom is -0.361 e. The number of nitrogens with one attached hydrogen (secondary N) is 3. The fourth-order valence-corrected chi connectivity index (χ4v) is 6.19. The Bertz CT molecular complexity index is 1410. The Kier molecular flexibility index (Phi) is 7.13. The molecule has 3 aromatic rings. The Balaban J connectivity index is 1.29. The molecule has 3 aliphatic rings. The Morgan fingerprint density at radius 2 is 1.74 bits per heavy atom. The van der Waals surface area contributed by atoms with Crippen LogP contribution in [0.3, 0.4) is 0 Å².